The third kappa shape index (κ3) is 2.83. The van der Waals surface area contributed by atoms with Crippen LogP contribution >= 0.6 is 23.7 Å². The molecule has 0 aliphatic rings. The van der Waals surface area contributed by atoms with E-state index in [2.05, 4.69) is 0 Å². The van der Waals surface area contributed by atoms with Crippen LogP contribution in [0.3, 0.4) is 0 Å². The van der Waals surface area contributed by atoms with Gasteiger partial charge in [-0.1, -0.05) is 0 Å². The third-order valence-corrected chi connectivity index (χ3v) is 3.92. The average molecular weight is 285 g/mol. The Morgan fingerprint density at radius 2 is 2.17 bits per heavy atom. The van der Waals surface area contributed by atoms with Crippen LogP contribution in [0.1, 0.15) is 17.3 Å². The Morgan fingerprint density at radius 1 is 1.44 bits per heavy atom. The number of halogens is 1. The van der Waals surface area contributed by atoms with E-state index in [4.69, 9.17) is 5.73 Å². The molecule has 1 aromatic heterocycles. The Bertz CT molecular complexity index is 541. The van der Waals surface area contributed by atoms with E-state index in [-0.39, 0.29) is 24.4 Å². The predicted molar refractivity (Wildman–Crippen MR) is 79.7 cm³/mol. The van der Waals surface area contributed by atoms with Crippen molar-refractivity contribution in [2.45, 2.75) is 13.0 Å². The normalized spacial score (nSPS) is 11.9. The SMILES string of the molecule is CC(CN)N(C)C(=O)c1ccc2sccc2c1.Cl. The van der Waals surface area contributed by atoms with Gasteiger partial charge in [0.05, 0.1) is 0 Å². The lowest BCUT2D eigenvalue weighted by Crippen LogP contribution is -2.39. The summed E-state index contributed by atoms with van der Waals surface area (Å²) in [5.41, 5.74) is 6.29. The van der Waals surface area contributed by atoms with Crippen molar-refractivity contribution in [3.63, 3.8) is 0 Å². The first-order chi connectivity index (χ1) is 8.13. The summed E-state index contributed by atoms with van der Waals surface area (Å²) in [4.78, 5) is 13.9. The highest BCUT2D eigenvalue weighted by molar-refractivity contribution is 7.17. The number of likely N-dealkylation sites (N-methyl/N-ethyl adjacent to an activating group) is 1. The highest BCUT2D eigenvalue weighted by Crippen LogP contribution is 2.22. The smallest absolute Gasteiger partial charge is 0.253 e. The van der Waals surface area contributed by atoms with Gasteiger partial charge in [0.25, 0.3) is 5.91 Å². The fourth-order valence-corrected chi connectivity index (χ4v) is 2.43. The van der Waals surface area contributed by atoms with Crippen molar-refractivity contribution < 1.29 is 4.79 Å². The van der Waals surface area contributed by atoms with Gasteiger partial charge in [-0.05, 0) is 42.0 Å². The van der Waals surface area contributed by atoms with E-state index in [1.165, 1.54) is 4.70 Å². The second-order valence-corrected chi connectivity index (χ2v) is 5.12. The van der Waals surface area contributed by atoms with Gasteiger partial charge in [0.1, 0.15) is 0 Å². The van der Waals surface area contributed by atoms with Crippen LogP contribution in [-0.4, -0.2) is 30.4 Å². The molecule has 1 aromatic carbocycles. The summed E-state index contributed by atoms with van der Waals surface area (Å²) >= 11 is 1.68. The van der Waals surface area contributed by atoms with Crippen molar-refractivity contribution in [1.82, 2.24) is 4.90 Å². The molecule has 2 N–H and O–H groups in total. The number of nitrogens with zero attached hydrogens (tertiary/aromatic N) is 1. The molecule has 0 spiro atoms. The molecule has 1 amide bonds. The first-order valence-electron chi connectivity index (χ1n) is 5.58. The summed E-state index contributed by atoms with van der Waals surface area (Å²) in [5, 5.41) is 3.15. The molecule has 0 saturated carbocycles. The van der Waals surface area contributed by atoms with Gasteiger partial charge in [-0.2, -0.15) is 0 Å². The first-order valence-corrected chi connectivity index (χ1v) is 6.46. The average Bonchev–Trinajstić information content (AvgIpc) is 2.83. The van der Waals surface area contributed by atoms with Crippen molar-refractivity contribution >= 4 is 39.7 Å². The van der Waals surface area contributed by atoms with Crippen LogP contribution in [0.2, 0.25) is 0 Å². The topological polar surface area (TPSA) is 46.3 Å². The lowest BCUT2D eigenvalue weighted by Gasteiger charge is -2.23. The van der Waals surface area contributed by atoms with E-state index in [9.17, 15) is 4.79 Å². The lowest BCUT2D eigenvalue weighted by atomic mass is 10.1. The van der Waals surface area contributed by atoms with Crippen molar-refractivity contribution in [2.24, 2.45) is 5.73 Å². The zero-order valence-corrected chi connectivity index (χ0v) is 12.1. The van der Waals surface area contributed by atoms with E-state index in [0.717, 1.165) is 10.9 Å². The lowest BCUT2D eigenvalue weighted by molar-refractivity contribution is 0.0748. The van der Waals surface area contributed by atoms with Crippen LogP contribution in [0.15, 0.2) is 29.6 Å². The summed E-state index contributed by atoms with van der Waals surface area (Å²) in [6.07, 6.45) is 0. The summed E-state index contributed by atoms with van der Waals surface area (Å²) < 4.78 is 1.20. The van der Waals surface area contributed by atoms with Gasteiger partial charge in [0.2, 0.25) is 0 Å². The molecule has 0 aliphatic carbocycles. The monoisotopic (exact) mass is 284 g/mol. The Balaban J connectivity index is 0.00000162. The molecule has 2 aromatic rings. The number of carbonyl (C=O) groups excluding carboxylic acids is 1. The van der Waals surface area contributed by atoms with Gasteiger partial charge in [0.15, 0.2) is 0 Å². The summed E-state index contributed by atoms with van der Waals surface area (Å²) in [7, 11) is 1.79. The van der Waals surface area contributed by atoms with Gasteiger partial charge in [-0.3, -0.25) is 4.79 Å². The Labute approximate surface area is 117 Å². The molecular formula is C13H17ClN2OS. The molecule has 98 valence electrons. The van der Waals surface area contributed by atoms with Crippen LogP contribution in [0.5, 0.6) is 0 Å². The molecule has 0 aliphatic heterocycles. The minimum atomic E-state index is 0. The number of rotatable bonds is 3. The fraction of sp³-hybridized carbons (Fsp3) is 0.308. The Morgan fingerprint density at radius 3 is 2.83 bits per heavy atom. The van der Waals surface area contributed by atoms with E-state index < -0.39 is 0 Å². The minimum Gasteiger partial charge on any atom is -0.338 e. The first kappa shape index (κ1) is 15.0. The summed E-state index contributed by atoms with van der Waals surface area (Å²) in [6.45, 7) is 2.42. The van der Waals surface area contributed by atoms with E-state index >= 15 is 0 Å². The molecule has 1 atom stereocenters. The molecule has 0 fully saturated rings. The molecular weight excluding hydrogens is 268 g/mol. The van der Waals surface area contributed by atoms with Gasteiger partial charge in [0, 0.05) is 29.9 Å². The van der Waals surface area contributed by atoms with Crippen LogP contribution < -0.4 is 5.73 Å². The maximum Gasteiger partial charge on any atom is 0.253 e. The van der Waals surface area contributed by atoms with Crippen LogP contribution in [-0.2, 0) is 0 Å². The number of amides is 1. The van der Waals surface area contributed by atoms with Gasteiger partial charge < -0.3 is 10.6 Å². The molecule has 1 heterocycles. The standard InChI is InChI=1S/C13H16N2OS.ClH/c1-9(8-14)15(2)13(16)11-3-4-12-10(7-11)5-6-17-12;/h3-7,9H,8,14H2,1-2H3;1H. The zero-order chi connectivity index (χ0) is 12.4. The quantitative estimate of drug-likeness (QED) is 0.942. The number of hydrogen-bond donors (Lipinski definition) is 1. The van der Waals surface area contributed by atoms with E-state index in [1.54, 1.807) is 23.3 Å². The highest BCUT2D eigenvalue weighted by Gasteiger charge is 2.16. The fourth-order valence-electron chi connectivity index (χ4n) is 1.66. The number of nitrogens with two attached hydrogens (primary N) is 1. The largest absolute Gasteiger partial charge is 0.338 e. The minimum absolute atomic E-state index is 0. The van der Waals surface area contributed by atoms with Crippen molar-refractivity contribution in [3.8, 4) is 0 Å². The molecule has 2 rings (SSSR count). The third-order valence-electron chi connectivity index (χ3n) is 3.02. The van der Waals surface area contributed by atoms with Crippen LogP contribution in [0.4, 0.5) is 0 Å². The summed E-state index contributed by atoms with van der Waals surface area (Å²) in [6, 6.07) is 7.90. The molecule has 0 bridgehead atoms. The molecule has 0 saturated heterocycles. The number of thiophene rings is 1. The molecule has 18 heavy (non-hydrogen) atoms. The maximum absolute atomic E-state index is 12.2. The molecule has 1 unspecified atom stereocenters. The molecule has 0 radical (unpaired) electrons. The maximum atomic E-state index is 12.2. The summed E-state index contributed by atoms with van der Waals surface area (Å²) in [5.74, 6) is 0.0241. The number of hydrogen-bond acceptors (Lipinski definition) is 3. The Hall–Kier alpha value is -1.10. The van der Waals surface area contributed by atoms with Gasteiger partial charge in [-0.25, -0.2) is 0 Å². The van der Waals surface area contributed by atoms with Gasteiger partial charge in [-0.15, -0.1) is 23.7 Å². The van der Waals surface area contributed by atoms with Crippen molar-refractivity contribution in [3.05, 3.63) is 35.2 Å². The van der Waals surface area contributed by atoms with E-state index in [1.807, 2.05) is 36.6 Å². The molecule has 3 nitrogen and oxygen atoms in total. The number of fused-ring (bicyclic) bond motifs is 1. The van der Waals surface area contributed by atoms with Crippen molar-refractivity contribution in [1.29, 1.82) is 0 Å². The second kappa shape index (κ2) is 6.18. The van der Waals surface area contributed by atoms with Crippen LogP contribution in [0.25, 0.3) is 10.1 Å². The number of benzene rings is 1. The molecule has 5 heteroatoms. The second-order valence-electron chi connectivity index (χ2n) is 4.17. The van der Waals surface area contributed by atoms with E-state index in [0.29, 0.717) is 6.54 Å². The Kier molecular flexibility index (Phi) is 5.14. The number of carbonyl (C=O) groups is 1. The predicted octanol–water partition coefficient (Wildman–Crippen LogP) is 2.74. The van der Waals surface area contributed by atoms with Crippen molar-refractivity contribution in [2.75, 3.05) is 13.6 Å². The van der Waals surface area contributed by atoms with Crippen LogP contribution in [0, 0.1) is 0 Å². The highest BCUT2D eigenvalue weighted by atomic mass is 35.5. The van der Waals surface area contributed by atoms with Gasteiger partial charge >= 0.3 is 0 Å². The zero-order valence-electron chi connectivity index (χ0n) is 10.4.